The zero-order valence-corrected chi connectivity index (χ0v) is 9.53. The number of rotatable bonds is 4. The lowest BCUT2D eigenvalue weighted by molar-refractivity contribution is 0.695. The first kappa shape index (κ1) is 11.0. The van der Waals surface area contributed by atoms with E-state index in [2.05, 4.69) is 21.2 Å². The Balaban J connectivity index is 2.61. The molecule has 1 rings (SSSR count). The van der Waals surface area contributed by atoms with Gasteiger partial charge in [0.15, 0.2) is 0 Å². The molecule has 3 N–H and O–H groups in total. The van der Waals surface area contributed by atoms with Crippen LogP contribution in [-0.2, 0) is 6.54 Å². The van der Waals surface area contributed by atoms with Crippen molar-refractivity contribution in [1.82, 2.24) is 5.32 Å². The van der Waals surface area contributed by atoms with Crippen molar-refractivity contribution in [3.05, 3.63) is 33.3 Å². The summed E-state index contributed by atoms with van der Waals surface area (Å²) >= 11 is 9.42. The summed E-state index contributed by atoms with van der Waals surface area (Å²) in [6, 6.07) is 5.89. The van der Waals surface area contributed by atoms with Gasteiger partial charge in [-0.15, -0.1) is 0 Å². The van der Waals surface area contributed by atoms with Crippen molar-refractivity contribution in [1.29, 1.82) is 0 Å². The maximum Gasteiger partial charge on any atom is 0.0592 e. The van der Waals surface area contributed by atoms with Gasteiger partial charge < -0.3 is 11.1 Å². The third-order valence-electron chi connectivity index (χ3n) is 1.67. The van der Waals surface area contributed by atoms with E-state index in [1.807, 2.05) is 18.2 Å². The summed E-state index contributed by atoms with van der Waals surface area (Å²) in [5.41, 5.74) is 6.44. The van der Waals surface area contributed by atoms with Gasteiger partial charge in [-0.3, -0.25) is 0 Å². The molecule has 1 aromatic rings. The monoisotopic (exact) mass is 262 g/mol. The number of nitrogens with two attached hydrogens (primary N) is 1. The maximum atomic E-state index is 6.05. The van der Waals surface area contributed by atoms with Crippen LogP contribution in [0.5, 0.6) is 0 Å². The summed E-state index contributed by atoms with van der Waals surface area (Å²) < 4.78 is 0.932. The van der Waals surface area contributed by atoms with Crippen LogP contribution in [0, 0.1) is 0 Å². The average Bonchev–Trinajstić information content (AvgIpc) is 2.13. The minimum Gasteiger partial charge on any atom is -0.329 e. The molecule has 1 aromatic carbocycles. The molecule has 0 spiro atoms. The average molecular weight is 264 g/mol. The number of nitrogens with one attached hydrogen (secondary N) is 1. The number of benzene rings is 1. The Kier molecular flexibility index (Phi) is 4.73. The molecule has 4 heteroatoms. The van der Waals surface area contributed by atoms with Crippen molar-refractivity contribution in [2.45, 2.75) is 6.54 Å². The van der Waals surface area contributed by atoms with Crippen LogP contribution >= 0.6 is 27.5 Å². The highest BCUT2D eigenvalue weighted by atomic mass is 79.9. The van der Waals surface area contributed by atoms with Crippen LogP contribution in [0.3, 0.4) is 0 Å². The summed E-state index contributed by atoms with van der Waals surface area (Å²) in [7, 11) is 0. The minimum absolute atomic E-state index is 0.644. The molecule has 0 aliphatic carbocycles. The fraction of sp³-hybridized carbons (Fsp3) is 0.333. The first-order valence-corrected chi connectivity index (χ1v) is 5.26. The third-order valence-corrected chi connectivity index (χ3v) is 3.00. The molecular formula is C9H12BrClN2. The van der Waals surface area contributed by atoms with E-state index in [0.717, 1.165) is 28.1 Å². The predicted molar refractivity (Wildman–Crippen MR) is 59.9 cm³/mol. The SMILES string of the molecule is NCCNCc1cccc(Br)c1Cl. The molecule has 13 heavy (non-hydrogen) atoms. The van der Waals surface area contributed by atoms with Crippen LogP contribution in [0.25, 0.3) is 0 Å². The molecule has 0 unspecified atom stereocenters. The van der Waals surface area contributed by atoms with E-state index in [1.165, 1.54) is 0 Å². The van der Waals surface area contributed by atoms with Gasteiger partial charge in [0.05, 0.1) is 5.02 Å². The lowest BCUT2D eigenvalue weighted by Gasteiger charge is -2.06. The maximum absolute atomic E-state index is 6.05. The molecule has 0 radical (unpaired) electrons. The molecular weight excluding hydrogens is 251 g/mol. The Morgan fingerprint density at radius 1 is 1.46 bits per heavy atom. The lowest BCUT2D eigenvalue weighted by atomic mass is 10.2. The lowest BCUT2D eigenvalue weighted by Crippen LogP contribution is -2.21. The van der Waals surface area contributed by atoms with Crippen LogP contribution in [0.2, 0.25) is 5.02 Å². The highest BCUT2D eigenvalue weighted by molar-refractivity contribution is 9.10. The number of halogens is 2. The fourth-order valence-electron chi connectivity index (χ4n) is 1.01. The summed E-state index contributed by atoms with van der Waals surface area (Å²) in [4.78, 5) is 0. The molecule has 0 aliphatic rings. The van der Waals surface area contributed by atoms with Crippen molar-refractivity contribution in [2.75, 3.05) is 13.1 Å². The van der Waals surface area contributed by atoms with Crippen LogP contribution in [-0.4, -0.2) is 13.1 Å². The van der Waals surface area contributed by atoms with Crippen LogP contribution in [0.15, 0.2) is 22.7 Å². The van der Waals surface area contributed by atoms with E-state index in [1.54, 1.807) is 0 Å². The second-order valence-electron chi connectivity index (χ2n) is 2.68. The Hall–Kier alpha value is -0.0900. The second kappa shape index (κ2) is 5.60. The largest absolute Gasteiger partial charge is 0.329 e. The van der Waals surface area contributed by atoms with Gasteiger partial charge in [-0.2, -0.15) is 0 Å². The second-order valence-corrected chi connectivity index (χ2v) is 3.91. The number of hydrogen-bond acceptors (Lipinski definition) is 2. The predicted octanol–water partition coefficient (Wildman–Crippen LogP) is 2.15. The topological polar surface area (TPSA) is 38.0 Å². The Morgan fingerprint density at radius 3 is 2.92 bits per heavy atom. The molecule has 0 heterocycles. The molecule has 2 nitrogen and oxygen atoms in total. The van der Waals surface area contributed by atoms with E-state index in [9.17, 15) is 0 Å². The van der Waals surface area contributed by atoms with E-state index >= 15 is 0 Å². The Morgan fingerprint density at radius 2 is 2.23 bits per heavy atom. The van der Waals surface area contributed by atoms with Gasteiger partial charge in [-0.05, 0) is 27.6 Å². The highest BCUT2D eigenvalue weighted by Gasteiger charge is 2.02. The van der Waals surface area contributed by atoms with Crippen LogP contribution in [0.1, 0.15) is 5.56 Å². The van der Waals surface area contributed by atoms with Crippen molar-refractivity contribution in [3.8, 4) is 0 Å². The zero-order chi connectivity index (χ0) is 9.68. The summed E-state index contributed by atoms with van der Waals surface area (Å²) in [5.74, 6) is 0. The van der Waals surface area contributed by atoms with E-state index in [-0.39, 0.29) is 0 Å². The Bertz CT molecular complexity index is 278. The van der Waals surface area contributed by atoms with Crippen molar-refractivity contribution < 1.29 is 0 Å². The molecule has 0 atom stereocenters. The van der Waals surface area contributed by atoms with Crippen LogP contribution < -0.4 is 11.1 Å². The van der Waals surface area contributed by atoms with E-state index in [0.29, 0.717) is 6.54 Å². The van der Waals surface area contributed by atoms with Gasteiger partial charge in [-0.25, -0.2) is 0 Å². The molecule has 0 amide bonds. The van der Waals surface area contributed by atoms with E-state index in [4.69, 9.17) is 17.3 Å². The first-order valence-electron chi connectivity index (χ1n) is 4.09. The summed E-state index contributed by atoms with van der Waals surface area (Å²) in [5, 5.41) is 3.96. The van der Waals surface area contributed by atoms with Crippen LogP contribution in [0.4, 0.5) is 0 Å². The molecule has 0 aromatic heterocycles. The molecule has 0 saturated heterocycles. The molecule has 0 saturated carbocycles. The highest BCUT2D eigenvalue weighted by Crippen LogP contribution is 2.25. The van der Waals surface area contributed by atoms with Gasteiger partial charge in [0.2, 0.25) is 0 Å². The van der Waals surface area contributed by atoms with Gasteiger partial charge >= 0.3 is 0 Å². The Labute approximate surface area is 91.6 Å². The van der Waals surface area contributed by atoms with Crippen molar-refractivity contribution >= 4 is 27.5 Å². The van der Waals surface area contributed by atoms with Gasteiger partial charge in [-0.1, -0.05) is 23.7 Å². The molecule has 0 bridgehead atoms. The quantitative estimate of drug-likeness (QED) is 0.817. The molecule has 0 fully saturated rings. The first-order chi connectivity index (χ1) is 6.25. The fourth-order valence-corrected chi connectivity index (χ4v) is 1.61. The summed E-state index contributed by atoms with van der Waals surface area (Å²) in [6.07, 6.45) is 0. The normalized spacial score (nSPS) is 10.4. The zero-order valence-electron chi connectivity index (χ0n) is 7.19. The van der Waals surface area contributed by atoms with Crippen molar-refractivity contribution in [3.63, 3.8) is 0 Å². The van der Waals surface area contributed by atoms with Gasteiger partial charge in [0, 0.05) is 24.1 Å². The molecule has 72 valence electrons. The number of hydrogen-bond donors (Lipinski definition) is 2. The van der Waals surface area contributed by atoms with Gasteiger partial charge in [0.1, 0.15) is 0 Å². The smallest absolute Gasteiger partial charge is 0.0592 e. The molecule has 0 aliphatic heterocycles. The standard InChI is InChI=1S/C9H12BrClN2/c10-8-3-1-2-7(9(8)11)6-13-5-4-12/h1-3,13H,4-6,12H2. The van der Waals surface area contributed by atoms with E-state index < -0.39 is 0 Å². The summed E-state index contributed by atoms with van der Waals surface area (Å²) in [6.45, 7) is 2.21. The third kappa shape index (κ3) is 3.27. The van der Waals surface area contributed by atoms with Crippen molar-refractivity contribution in [2.24, 2.45) is 5.73 Å². The van der Waals surface area contributed by atoms with Gasteiger partial charge in [0.25, 0.3) is 0 Å². The minimum atomic E-state index is 0.644.